The normalized spacial score (nSPS) is 24.4. The van der Waals surface area contributed by atoms with Crippen molar-refractivity contribution >= 4 is 0 Å². The van der Waals surface area contributed by atoms with Crippen LogP contribution in [-0.2, 0) is 19.3 Å². The lowest BCUT2D eigenvalue weighted by atomic mass is 9.88. The molecule has 1 aromatic heterocycles. The molecule has 2 aliphatic carbocycles. The van der Waals surface area contributed by atoms with E-state index in [1.165, 1.54) is 81.4 Å². The number of H-pyrrole nitrogens is 1. The number of rotatable bonds is 4. The van der Waals surface area contributed by atoms with E-state index in [0.29, 0.717) is 0 Å². The Morgan fingerprint density at radius 2 is 2.00 bits per heavy atom. The molecule has 18 heavy (non-hydrogen) atoms. The van der Waals surface area contributed by atoms with Gasteiger partial charge in [0.1, 0.15) is 5.82 Å². The van der Waals surface area contributed by atoms with Gasteiger partial charge in [0.25, 0.3) is 0 Å². The predicted octanol–water partition coefficient (Wildman–Crippen LogP) is 4.05. The quantitative estimate of drug-likeness (QED) is 0.853. The first kappa shape index (κ1) is 12.3. The van der Waals surface area contributed by atoms with Gasteiger partial charge >= 0.3 is 0 Å². The lowest BCUT2D eigenvalue weighted by Crippen LogP contribution is -2.12. The fourth-order valence-corrected chi connectivity index (χ4v) is 3.72. The number of nitrogens with zero attached hydrogens (tertiary/aromatic N) is 1. The molecule has 0 saturated heterocycles. The summed E-state index contributed by atoms with van der Waals surface area (Å²) in [7, 11) is 0. The van der Waals surface area contributed by atoms with Crippen LogP contribution in [0.3, 0.4) is 0 Å². The summed E-state index contributed by atoms with van der Waals surface area (Å²) in [6.45, 7) is 2.31. The van der Waals surface area contributed by atoms with E-state index >= 15 is 0 Å². The van der Waals surface area contributed by atoms with Gasteiger partial charge in [-0.15, -0.1) is 0 Å². The van der Waals surface area contributed by atoms with Crippen molar-refractivity contribution < 1.29 is 0 Å². The average Bonchev–Trinajstić information content (AvgIpc) is 3.04. The Kier molecular flexibility index (Phi) is 3.72. The van der Waals surface area contributed by atoms with Crippen LogP contribution in [0.4, 0.5) is 0 Å². The SMILES string of the molecule is CCC1CCc2nc(CCC3CCCC3)[nH]c2C1. The summed E-state index contributed by atoms with van der Waals surface area (Å²) in [5, 5.41) is 0. The third kappa shape index (κ3) is 2.62. The zero-order chi connectivity index (χ0) is 12.4. The van der Waals surface area contributed by atoms with Crippen LogP contribution < -0.4 is 0 Å². The number of hydrogen-bond acceptors (Lipinski definition) is 1. The highest BCUT2D eigenvalue weighted by Crippen LogP contribution is 2.29. The maximum atomic E-state index is 4.82. The molecule has 1 saturated carbocycles. The second-order valence-corrected chi connectivity index (χ2v) is 6.31. The van der Waals surface area contributed by atoms with E-state index in [1.54, 1.807) is 0 Å². The van der Waals surface area contributed by atoms with E-state index in [9.17, 15) is 0 Å². The third-order valence-electron chi connectivity index (χ3n) is 5.04. The molecule has 1 unspecified atom stereocenters. The molecule has 0 bridgehead atoms. The second kappa shape index (κ2) is 5.46. The summed E-state index contributed by atoms with van der Waals surface area (Å²) < 4.78 is 0. The Labute approximate surface area is 111 Å². The minimum absolute atomic E-state index is 0.889. The van der Waals surface area contributed by atoms with Crippen LogP contribution in [0, 0.1) is 11.8 Å². The minimum Gasteiger partial charge on any atom is -0.346 e. The largest absolute Gasteiger partial charge is 0.346 e. The first-order valence-electron chi connectivity index (χ1n) is 7.91. The Bertz CT molecular complexity index is 388. The minimum atomic E-state index is 0.889. The summed E-state index contributed by atoms with van der Waals surface area (Å²) in [4.78, 5) is 8.44. The van der Waals surface area contributed by atoms with Crippen molar-refractivity contribution in [3.05, 3.63) is 17.2 Å². The van der Waals surface area contributed by atoms with Gasteiger partial charge < -0.3 is 4.98 Å². The van der Waals surface area contributed by atoms with Gasteiger partial charge in [-0.05, 0) is 37.5 Å². The standard InChI is InChI=1S/C16H26N2/c1-2-12-7-9-14-15(11-12)18-16(17-14)10-8-13-5-3-4-6-13/h12-13H,2-11H2,1H3,(H,17,18). The fourth-order valence-electron chi connectivity index (χ4n) is 3.72. The molecule has 1 atom stereocenters. The summed E-state index contributed by atoms with van der Waals surface area (Å²) in [5.74, 6) is 3.14. The zero-order valence-corrected chi connectivity index (χ0v) is 11.7. The van der Waals surface area contributed by atoms with Crippen molar-refractivity contribution in [1.29, 1.82) is 0 Å². The smallest absolute Gasteiger partial charge is 0.106 e. The topological polar surface area (TPSA) is 28.7 Å². The molecule has 0 aliphatic heterocycles. The van der Waals surface area contributed by atoms with Crippen molar-refractivity contribution in [3.63, 3.8) is 0 Å². The van der Waals surface area contributed by atoms with Gasteiger partial charge in [-0.2, -0.15) is 0 Å². The molecule has 1 heterocycles. The van der Waals surface area contributed by atoms with E-state index in [0.717, 1.165) is 11.8 Å². The van der Waals surface area contributed by atoms with Crippen LogP contribution in [0.25, 0.3) is 0 Å². The second-order valence-electron chi connectivity index (χ2n) is 6.31. The van der Waals surface area contributed by atoms with Gasteiger partial charge in [0.05, 0.1) is 5.69 Å². The summed E-state index contributed by atoms with van der Waals surface area (Å²) in [6.07, 6.45) is 13.5. The number of aromatic nitrogens is 2. The molecule has 2 nitrogen and oxygen atoms in total. The number of hydrogen-bond donors (Lipinski definition) is 1. The van der Waals surface area contributed by atoms with Crippen LogP contribution in [-0.4, -0.2) is 9.97 Å². The van der Waals surface area contributed by atoms with Crippen LogP contribution in [0.1, 0.15) is 69.1 Å². The highest BCUT2D eigenvalue weighted by atomic mass is 14.9. The molecular weight excluding hydrogens is 220 g/mol. The molecule has 1 N–H and O–H groups in total. The molecular formula is C16H26N2. The molecule has 100 valence electrons. The molecule has 1 aromatic rings. The van der Waals surface area contributed by atoms with Gasteiger partial charge in [0, 0.05) is 12.1 Å². The van der Waals surface area contributed by atoms with Crippen LogP contribution in [0.2, 0.25) is 0 Å². The third-order valence-corrected chi connectivity index (χ3v) is 5.04. The number of fused-ring (bicyclic) bond motifs is 1. The number of imidazole rings is 1. The maximum absolute atomic E-state index is 4.82. The molecule has 0 spiro atoms. The van der Waals surface area contributed by atoms with E-state index < -0.39 is 0 Å². The van der Waals surface area contributed by atoms with E-state index in [-0.39, 0.29) is 0 Å². The summed E-state index contributed by atoms with van der Waals surface area (Å²) in [5.41, 5.74) is 2.83. The Morgan fingerprint density at radius 3 is 2.78 bits per heavy atom. The Morgan fingerprint density at radius 1 is 1.17 bits per heavy atom. The van der Waals surface area contributed by atoms with Crippen molar-refractivity contribution in [1.82, 2.24) is 9.97 Å². The van der Waals surface area contributed by atoms with E-state index in [1.807, 2.05) is 0 Å². The van der Waals surface area contributed by atoms with Gasteiger partial charge in [-0.1, -0.05) is 39.0 Å². The lowest BCUT2D eigenvalue weighted by Gasteiger charge is -2.19. The first-order valence-corrected chi connectivity index (χ1v) is 7.91. The van der Waals surface area contributed by atoms with Gasteiger partial charge in [-0.25, -0.2) is 4.98 Å². The fraction of sp³-hybridized carbons (Fsp3) is 0.812. The van der Waals surface area contributed by atoms with Crippen LogP contribution in [0.15, 0.2) is 0 Å². The van der Waals surface area contributed by atoms with Gasteiger partial charge in [0.2, 0.25) is 0 Å². The molecule has 0 aromatic carbocycles. The molecule has 0 amide bonds. The number of nitrogens with one attached hydrogen (secondary N) is 1. The van der Waals surface area contributed by atoms with Crippen LogP contribution in [0.5, 0.6) is 0 Å². The Balaban J connectivity index is 1.59. The molecule has 1 fully saturated rings. The summed E-state index contributed by atoms with van der Waals surface area (Å²) >= 11 is 0. The zero-order valence-electron chi connectivity index (χ0n) is 11.7. The predicted molar refractivity (Wildman–Crippen MR) is 74.7 cm³/mol. The Hall–Kier alpha value is -0.790. The monoisotopic (exact) mass is 246 g/mol. The molecule has 2 aliphatic rings. The molecule has 3 rings (SSSR count). The number of aryl methyl sites for hydroxylation is 2. The first-order chi connectivity index (χ1) is 8.85. The van der Waals surface area contributed by atoms with Crippen molar-refractivity contribution in [2.24, 2.45) is 11.8 Å². The van der Waals surface area contributed by atoms with E-state index in [4.69, 9.17) is 4.98 Å². The maximum Gasteiger partial charge on any atom is 0.106 e. The number of aromatic amines is 1. The summed E-state index contributed by atoms with van der Waals surface area (Å²) in [6, 6.07) is 0. The highest BCUT2D eigenvalue weighted by molar-refractivity contribution is 5.18. The van der Waals surface area contributed by atoms with Gasteiger partial charge in [-0.3, -0.25) is 0 Å². The van der Waals surface area contributed by atoms with Crippen molar-refractivity contribution in [2.45, 2.75) is 71.1 Å². The van der Waals surface area contributed by atoms with Crippen LogP contribution >= 0.6 is 0 Å². The molecule has 2 heteroatoms. The highest BCUT2D eigenvalue weighted by Gasteiger charge is 2.21. The average molecular weight is 246 g/mol. The molecule has 0 radical (unpaired) electrons. The van der Waals surface area contributed by atoms with E-state index in [2.05, 4.69) is 11.9 Å². The lowest BCUT2D eigenvalue weighted by molar-refractivity contribution is 0.438. The van der Waals surface area contributed by atoms with Gasteiger partial charge in [0.15, 0.2) is 0 Å². The van der Waals surface area contributed by atoms with Crippen molar-refractivity contribution in [2.75, 3.05) is 0 Å². The van der Waals surface area contributed by atoms with Crippen molar-refractivity contribution in [3.8, 4) is 0 Å².